The molecule has 30 heavy (non-hydrogen) atoms. The van der Waals surface area contributed by atoms with Gasteiger partial charge in [0.1, 0.15) is 0 Å². The third kappa shape index (κ3) is 3.67. The van der Waals surface area contributed by atoms with Gasteiger partial charge in [0.15, 0.2) is 6.61 Å². The largest absolute Gasteiger partial charge is 0.452 e. The molecule has 0 bridgehead atoms. The van der Waals surface area contributed by atoms with Crippen LogP contribution in [0.2, 0.25) is 0 Å². The number of pyridine rings is 1. The number of aromatic amines is 1. The maximum atomic E-state index is 12.9. The van der Waals surface area contributed by atoms with Crippen LogP contribution in [0.15, 0.2) is 59.4 Å². The number of ether oxygens (including phenoxy) is 1. The highest BCUT2D eigenvalue weighted by molar-refractivity contribution is 6.07. The number of H-pyrrole nitrogens is 1. The fourth-order valence-electron chi connectivity index (χ4n) is 3.62. The first-order chi connectivity index (χ1) is 14.4. The van der Waals surface area contributed by atoms with Gasteiger partial charge in [-0.05, 0) is 25.1 Å². The van der Waals surface area contributed by atoms with Crippen molar-refractivity contribution in [2.24, 2.45) is 0 Å². The smallest absolute Gasteiger partial charge is 0.339 e. The number of nitrogens with one attached hydrogen (secondary N) is 2. The van der Waals surface area contributed by atoms with Crippen LogP contribution < -0.4 is 15.8 Å². The first kappa shape index (κ1) is 19.4. The van der Waals surface area contributed by atoms with Crippen molar-refractivity contribution in [3.05, 3.63) is 70.5 Å². The van der Waals surface area contributed by atoms with E-state index in [2.05, 4.69) is 10.3 Å². The molecule has 0 saturated heterocycles. The van der Waals surface area contributed by atoms with E-state index in [0.29, 0.717) is 22.3 Å². The van der Waals surface area contributed by atoms with Crippen molar-refractivity contribution < 1.29 is 19.1 Å². The lowest BCUT2D eigenvalue weighted by atomic mass is 10.1. The molecule has 0 radical (unpaired) electrons. The molecule has 0 aliphatic carbocycles. The van der Waals surface area contributed by atoms with Crippen molar-refractivity contribution in [1.29, 1.82) is 0 Å². The predicted molar refractivity (Wildman–Crippen MR) is 111 cm³/mol. The molecule has 4 rings (SSSR count). The zero-order chi connectivity index (χ0) is 21.3. The quantitative estimate of drug-likeness (QED) is 0.651. The molecule has 1 atom stereocenters. The summed E-state index contributed by atoms with van der Waals surface area (Å²) in [4.78, 5) is 53.6. The maximum Gasteiger partial charge on any atom is 0.339 e. The van der Waals surface area contributed by atoms with Gasteiger partial charge in [-0.15, -0.1) is 0 Å². The highest BCUT2D eigenvalue weighted by atomic mass is 16.5. The average Bonchev–Trinajstić information content (AvgIpc) is 2.85. The Kier molecular flexibility index (Phi) is 5.05. The summed E-state index contributed by atoms with van der Waals surface area (Å²) in [5, 5.41) is 3.30. The van der Waals surface area contributed by atoms with Crippen LogP contribution >= 0.6 is 0 Å². The zero-order valence-corrected chi connectivity index (χ0v) is 16.2. The molecule has 0 fully saturated rings. The molecule has 2 aromatic carbocycles. The Morgan fingerprint density at radius 2 is 1.83 bits per heavy atom. The maximum absolute atomic E-state index is 12.9. The molecule has 1 aliphatic rings. The molecule has 8 heteroatoms. The Bertz CT molecular complexity index is 1220. The molecular weight excluding hydrogens is 386 g/mol. The minimum atomic E-state index is -0.768. The van der Waals surface area contributed by atoms with E-state index in [1.54, 1.807) is 55.5 Å². The summed E-state index contributed by atoms with van der Waals surface area (Å²) in [5.74, 6) is -1.43. The number of nitrogens with zero attached hydrogens (tertiary/aromatic N) is 1. The number of para-hydroxylation sites is 3. The number of carbonyl (C=O) groups is 3. The number of hydrogen-bond donors (Lipinski definition) is 2. The molecule has 2 N–H and O–H groups in total. The number of hydrogen-bond acceptors (Lipinski definition) is 5. The predicted octanol–water partition coefficient (Wildman–Crippen LogP) is 2.45. The Morgan fingerprint density at radius 1 is 1.10 bits per heavy atom. The van der Waals surface area contributed by atoms with E-state index in [0.717, 1.165) is 6.07 Å². The Morgan fingerprint density at radius 3 is 2.67 bits per heavy atom. The number of esters is 1. The number of rotatable bonds is 3. The normalized spacial score (nSPS) is 15.8. The third-order valence-electron chi connectivity index (χ3n) is 4.93. The first-order valence-corrected chi connectivity index (χ1v) is 9.44. The van der Waals surface area contributed by atoms with Crippen molar-refractivity contribution in [3.63, 3.8) is 0 Å². The van der Waals surface area contributed by atoms with Crippen LogP contribution in [-0.2, 0) is 14.3 Å². The van der Waals surface area contributed by atoms with E-state index < -0.39 is 30.1 Å². The Balaban J connectivity index is 1.57. The van der Waals surface area contributed by atoms with E-state index in [-0.39, 0.29) is 17.9 Å². The van der Waals surface area contributed by atoms with E-state index in [9.17, 15) is 19.2 Å². The second-order valence-electron chi connectivity index (χ2n) is 7.05. The lowest BCUT2D eigenvalue weighted by Crippen LogP contribution is -2.41. The van der Waals surface area contributed by atoms with Crippen LogP contribution in [0.3, 0.4) is 0 Å². The van der Waals surface area contributed by atoms with Gasteiger partial charge in [0, 0.05) is 29.4 Å². The first-order valence-electron chi connectivity index (χ1n) is 9.44. The lowest BCUT2D eigenvalue weighted by Gasteiger charge is -2.27. The lowest BCUT2D eigenvalue weighted by molar-refractivity contribution is -0.122. The highest BCUT2D eigenvalue weighted by Crippen LogP contribution is 2.31. The van der Waals surface area contributed by atoms with Gasteiger partial charge in [-0.25, -0.2) is 4.79 Å². The topological polar surface area (TPSA) is 109 Å². The summed E-state index contributed by atoms with van der Waals surface area (Å²) in [7, 11) is 0. The molecule has 152 valence electrons. The second-order valence-corrected chi connectivity index (χ2v) is 7.05. The SMILES string of the molecule is C[C@@H]1CC(=O)Nc2ccccc2N1C(=O)COC(=O)c1cc(=O)[nH]c2ccccc12. The van der Waals surface area contributed by atoms with Crippen LogP contribution in [-0.4, -0.2) is 35.4 Å². The van der Waals surface area contributed by atoms with Gasteiger partial charge < -0.3 is 19.9 Å². The average molecular weight is 405 g/mol. The number of carbonyl (C=O) groups excluding carboxylic acids is 3. The number of amides is 2. The van der Waals surface area contributed by atoms with Crippen molar-refractivity contribution in [3.8, 4) is 0 Å². The van der Waals surface area contributed by atoms with Crippen molar-refractivity contribution in [2.75, 3.05) is 16.8 Å². The Hall–Kier alpha value is -3.94. The van der Waals surface area contributed by atoms with Gasteiger partial charge in [0.05, 0.1) is 16.9 Å². The van der Waals surface area contributed by atoms with Crippen molar-refractivity contribution >= 4 is 40.1 Å². The highest BCUT2D eigenvalue weighted by Gasteiger charge is 2.30. The van der Waals surface area contributed by atoms with Crippen LogP contribution in [0.5, 0.6) is 0 Å². The molecule has 2 amide bonds. The van der Waals surface area contributed by atoms with Crippen LogP contribution in [0, 0.1) is 0 Å². The summed E-state index contributed by atoms with van der Waals surface area (Å²) in [6.45, 7) is 1.23. The van der Waals surface area contributed by atoms with E-state index in [1.807, 2.05) is 0 Å². The zero-order valence-electron chi connectivity index (χ0n) is 16.2. The van der Waals surface area contributed by atoms with E-state index in [4.69, 9.17) is 4.74 Å². The molecule has 3 aromatic rings. The van der Waals surface area contributed by atoms with Gasteiger partial charge >= 0.3 is 5.97 Å². The van der Waals surface area contributed by atoms with E-state index in [1.165, 1.54) is 4.90 Å². The number of fused-ring (bicyclic) bond motifs is 2. The van der Waals surface area contributed by atoms with E-state index >= 15 is 0 Å². The Labute approximate surface area is 171 Å². The van der Waals surface area contributed by atoms with Gasteiger partial charge in [-0.1, -0.05) is 30.3 Å². The summed E-state index contributed by atoms with van der Waals surface area (Å²) < 4.78 is 5.25. The minimum absolute atomic E-state index is 0.0864. The number of benzene rings is 2. The van der Waals surface area contributed by atoms with Crippen molar-refractivity contribution in [2.45, 2.75) is 19.4 Å². The second kappa shape index (κ2) is 7.82. The van der Waals surface area contributed by atoms with Gasteiger partial charge in [-0.3, -0.25) is 14.4 Å². The fraction of sp³-hybridized carbons (Fsp3) is 0.182. The molecule has 1 aliphatic heterocycles. The monoisotopic (exact) mass is 405 g/mol. The summed E-state index contributed by atoms with van der Waals surface area (Å²) >= 11 is 0. The molecule has 0 saturated carbocycles. The number of aromatic nitrogens is 1. The molecule has 0 spiro atoms. The molecular formula is C22H19N3O5. The summed E-state index contributed by atoms with van der Waals surface area (Å²) in [6, 6.07) is 14.5. The molecule has 8 nitrogen and oxygen atoms in total. The third-order valence-corrected chi connectivity index (χ3v) is 4.93. The van der Waals surface area contributed by atoms with Crippen molar-refractivity contribution in [1.82, 2.24) is 4.98 Å². The van der Waals surface area contributed by atoms with Crippen LogP contribution in [0.4, 0.5) is 11.4 Å². The van der Waals surface area contributed by atoms with Gasteiger partial charge in [0.2, 0.25) is 11.5 Å². The summed E-state index contributed by atoms with van der Waals surface area (Å²) in [6.07, 6.45) is 0.118. The van der Waals surface area contributed by atoms with Gasteiger partial charge in [0.25, 0.3) is 5.91 Å². The van der Waals surface area contributed by atoms with Crippen LogP contribution in [0.25, 0.3) is 10.9 Å². The van der Waals surface area contributed by atoms with Gasteiger partial charge in [-0.2, -0.15) is 0 Å². The molecule has 2 heterocycles. The molecule has 0 unspecified atom stereocenters. The standard InChI is InChI=1S/C22H19N3O5/c1-13-10-19(26)24-17-8-4-5-9-18(17)25(13)21(28)12-30-22(29)15-11-20(27)23-16-7-3-2-6-14(15)16/h2-9,11,13H,10,12H2,1H3,(H,23,27)(H,24,26)/t13-/m1/s1. The fourth-order valence-corrected chi connectivity index (χ4v) is 3.62. The summed E-state index contributed by atoms with van der Waals surface area (Å²) in [5.41, 5.74) is 1.21. The number of anilines is 2. The van der Waals surface area contributed by atoms with Crippen LogP contribution in [0.1, 0.15) is 23.7 Å². The minimum Gasteiger partial charge on any atom is -0.452 e. The molecule has 1 aromatic heterocycles.